The molecule has 0 bridgehead atoms. The maximum atomic E-state index is 6.01. The van der Waals surface area contributed by atoms with Crippen molar-refractivity contribution in [2.75, 3.05) is 0 Å². The van der Waals surface area contributed by atoms with E-state index >= 15 is 0 Å². The molecule has 2 nitrogen and oxygen atoms in total. The van der Waals surface area contributed by atoms with Crippen LogP contribution in [0.2, 0.25) is 19.6 Å². The van der Waals surface area contributed by atoms with E-state index in [0.29, 0.717) is 12.1 Å². The van der Waals surface area contributed by atoms with Crippen LogP contribution in [0.25, 0.3) is 0 Å². The fourth-order valence-corrected chi connectivity index (χ4v) is 2.94. The molecule has 72 valence electrons. The molecule has 12 heavy (non-hydrogen) atoms. The van der Waals surface area contributed by atoms with Gasteiger partial charge in [-0.05, 0) is 45.3 Å². The molecule has 1 aliphatic carbocycles. The van der Waals surface area contributed by atoms with Crippen LogP contribution in [-0.4, -0.2) is 20.5 Å². The summed E-state index contributed by atoms with van der Waals surface area (Å²) >= 11 is 0. The summed E-state index contributed by atoms with van der Waals surface area (Å²) in [6, 6.07) is 0.437. The van der Waals surface area contributed by atoms with Gasteiger partial charge in [0, 0.05) is 12.1 Å². The standard InChI is InChI=1S/C9H21NOSi/c1-12(2,3)11-9-6-4-8(10)5-7-9/h8-9H,4-7,10H2,1-3H3. The SMILES string of the molecule is C[Si](C)(C)OC1CCC(N)CC1. The smallest absolute Gasteiger partial charge is 0.184 e. The van der Waals surface area contributed by atoms with Crippen molar-refractivity contribution in [2.45, 2.75) is 57.5 Å². The summed E-state index contributed by atoms with van der Waals surface area (Å²) in [6.45, 7) is 6.75. The van der Waals surface area contributed by atoms with E-state index in [1.807, 2.05) is 0 Å². The van der Waals surface area contributed by atoms with Gasteiger partial charge in [-0.3, -0.25) is 0 Å². The molecule has 0 unspecified atom stereocenters. The molecule has 3 heteroatoms. The zero-order valence-corrected chi connectivity index (χ0v) is 9.47. The van der Waals surface area contributed by atoms with Gasteiger partial charge < -0.3 is 10.2 Å². The summed E-state index contributed by atoms with van der Waals surface area (Å²) in [5.41, 5.74) is 5.82. The Labute approximate surface area is 76.6 Å². The lowest BCUT2D eigenvalue weighted by Crippen LogP contribution is -2.37. The van der Waals surface area contributed by atoms with Crippen molar-refractivity contribution in [3.63, 3.8) is 0 Å². The Morgan fingerprint density at radius 2 is 1.58 bits per heavy atom. The van der Waals surface area contributed by atoms with E-state index in [2.05, 4.69) is 19.6 Å². The van der Waals surface area contributed by atoms with Crippen molar-refractivity contribution in [1.82, 2.24) is 0 Å². The summed E-state index contributed by atoms with van der Waals surface area (Å²) in [5.74, 6) is 0. The van der Waals surface area contributed by atoms with Gasteiger partial charge in [-0.1, -0.05) is 0 Å². The molecule has 2 N–H and O–H groups in total. The highest BCUT2D eigenvalue weighted by atomic mass is 28.4. The van der Waals surface area contributed by atoms with Gasteiger partial charge >= 0.3 is 0 Å². The first-order valence-corrected chi connectivity index (χ1v) is 8.31. The fourth-order valence-electron chi connectivity index (χ4n) is 1.71. The van der Waals surface area contributed by atoms with Gasteiger partial charge in [-0.2, -0.15) is 0 Å². The molecule has 0 saturated heterocycles. The Balaban J connectivity index is 2.26. The van der Waals surface area contributed by atoms with Crippen LogP contribution < -0.4 is 5.73 Å². The van der Waals surface area contributed by atoms with Crippen LogP contribution in [-0.2, 0) is 4.43 Å². The topological polar surface area (TPSA) is 35.2 Å². The van der Waals surface area contributed by atoms with Gasteiger partial charge in [0.2, 0.25) is 0 Å². The van der Waals surface area contributed by atoms with E-state index in [1.165, 1.54) is 12.8 Å². The molecule has 1 aliphatic rings. The summed E-state index contributed by atoms with van der Waals surface area (Å²) < 4.78 is 6.01. The summed E-state index contributed by atoms with van der Waals surface area (Å²) in [6.07, 6.45) is 5.15. The average Bonchev–Trinajstić information content (AvgIpc) is 1.91. The van der Waals surface area contributed by atoms with E-state index in [-0.39, 0.29) is 0 Å². The van der Waals surface area contributed by atoms with Gasteiger partial charge in [0.05, 0.1) is 0 Å². The first-order chi connectivity index (χ1) is 5.47. The third-order valence-corrected chi connectivity index (χ3v) is 3.28. The molecular formula is C9H21NOSi. The number of hydrogen-bond acceptors (Lipinski definition) is 2. The Kier molecular flexibility index (Phi) is 3.32. The normalized spacial score (nSPS) is 32.0. The van der Waals surface area contributed by atoms with E-state index in [1.54, 1.807) is 0 Å². The van der Waals surface area contributed by atoms with Gasteiger partial charge in [0.25, 0.3) is 0 Å². The molecule has 0 aromatic rings. The van der Waals surface area contributed by atoms with Crippen molar-refractivity contribution in [3.05, 3.63) is 0 Å². The lowest BCUT2D eigenvalue weighted by atomic mass is 9.94. The van der Waals surface area contributed by atoms with Gasteiger partial charge in [-0.15, -0.1) is 0 Å². The Morgan fingerprint density at radius 1 is 1.08 bits per heavy atom. The van der Waals surface area contributed by atoms with Crippen LogP contribution in [0, 0.1) is 0 Å². The average molecular weight is 187 g/mol. The number of hydrogen-bond donors (Lipinski definition) is 1. The van der Waals surface area contributed by atoms with Crippen LogP contribution in [0.15, 0.2) is 0 Å². The van der Waals surface area contributed by atoms with E-state index in [9.17, 15) is 0 Å². The molecule has 1 fully saturated rings. The van der Waals surface area contributed by atoms with Crippen molar-refractivity contribution >= 4 is 8.32 Å². The van der Waals surface area contributed by atoms with E-state index in [4.69, 9.17) is 10.2 Å². The fraction of sp³-hybridized carbons (Fsp3) is 1.00. The van der Waals surface area contributed by atoms with Crippen molar-refractivity contribution in [2.24, 2.45) is 5.73 Å². The zero-order chi connectivity index (χ0) is 9.19. The van der Waals surface area contributed by atoms with Crippen LogP contribution in [0.1, 0.15) is 25.7 Å². The first kappa shape index (κ1) is 10.2. The maximum absolute atomic E-state index is 6.01. The van der Waals surface area contributed by atoms with Crippen molar-refractivity contribution < 1.29 is 4.43 Å². The minimum absolute atomic E-state index is 0.437. The van der Waals surface area contributed by atoms with Crippen LogP contribution in [0.3, 0.4) is 0 Å². The second kappa shape index (κ2) is 3.90. The van der Waals surface area contributed by atoms with Crippen LogP contribution in [0.5, 0.6) is 0 Å². The summed E-state index contributed by atoms with van der Waals surface area (Å²) in [4.78, 5) is 0. The van der Waals surface area contributed by atoms with Crippen LogP contribution in [0.4, 0.5) is 0 Å². The molecule has 0 atom stereocenters. The molecule has 0 aromatic heterocycles. The molecular weight excluding hydrogens is 166 g/mol. The van der Waals surface area contributed by atoms with Gasteiger partial charge in [0.15, 0.2) is 8.32 Å². The third kappa shape index (κ3) is 3.69. The van der Waals surface area contributed by atoms with Gasteiger partial charge in [-0.25, -0.2) is 0 Å². The molecule has 0 radical (unpaired) electrons. The van der Waals surface area contributed by atoms with Crippen molar-refractivity contribution in [1.29, 1.82) is 0 Å². The highest BCUT2D eigenvalue weighted by Gasteiger charge is 2.24. The third-order valence-electron chi connectivity index (χ3n) is 2.24. The predicted molar refractivity (Wildman–Crippen MR) is 54.7 cm³/mol. The second-order valence-electron chi connectivity index (χ2n) is 4.77. The molecule has 0 amide bonds. The van der Waals surface area contributed by atoms with Gasteiger partial charge in [0.1, 0.15) is 0 Å². The molecule has 0 heterocycles. The summed E-state index contributed by atoms with van der Waals surface area (Å²) in [7, 11) is -1.31. The second-order valence-corrected chi connectivity index (χ2v) is 9.23. The number of rotatable bonds is 2. The molecule has 1 saturated carbocycles. The van der Waals surface area contributed by atoms with E-state index in [0.717, 1.165) is 12.8 Å². The highest BCUT2D eigenvalue weighted by molar-refractivity contribution is 6.69. The Bertz CT molecular complexity index is 136. The predicted octanol–water partition coefficient (Wildman–Crippen LogP) is 2.11. The zero-order valence-electron chi connectivity index (χ0n) is 8.47. The lowest BCUT2D eigenvalue weighted by molar-refractivity contribution is 0.140. The quantitative estimate of drug-likeness (QED) is 0.672. The minimum atomic E-state index is -1.31. The molecule has 0 spiro atoms. The summed E-state index contributed by atoms with van der Waals surface area (Å²) in [5, 5.41) is 0. The Morgan fingerprint density at radius 3 is 2.00 bits per heavy atom. The monoisotopic (exact) mass is 187 g/mol. The molecule has 0 aliphatic heterocycles. The highest BCUT2D eigenvalue weighted by Crippen LogP contribution is 2.22. The lowest BCUT2D eigenvalue weighted by Gasteiger charge is -2.31. The first-order valence-electron chi connectivity index (χ1n) is 4.91. The Hall–Kier alpha value is 0.137. The molecule has 1 rings (SSSR count). The maximum Gasteiger partial charge on any atom is 0.184 e. The van der Waals surface area contributed by atoms with E-state index < -0.39 is 8.32 Å². The van der Waals surface area contributed by atoms with Crippen LogP contribution >= 0.6 is 0 Å². The number of nitrogens with two attached hydrogens (primary N) is 1. The minimum Gasteiger partial charge on any atom is -0.415 e. The largest absolute Gasteiger partial charge is 0.415 e. The molecule has 0 aromatic carbocycles. The van der Waals surface area contributed by atoms with Crippen molar-refractivity contribution in [3.8, 4) is 0 Å².